The number of esters is 1. The molecule has 1 atom stereocenters. The van der Waals surface area contributed by atoms with Crippen molar-refractivity contribution in [1.29, 1.82) is 0 Å². The number of benzene rings is 2. The highest BCUT2D eigenvalue weighted by Gasteiger charge is 2.55. The fourth-order valence-electron chi connectivity index (χ4n) is 2.99. The van der Waals surface area contributed by atoms with Gasteiger partial charge in [-0.25, -0.2) is 4.79 Å². The average molecular weight is 278 g/mol. The van der Waals surface area contributed by atoms with Crippen LogP contribution in [0.1, 0.15) is 17.5 Å². The summed E-state index contributed by atoms with van der Waals surface area (Å²) >= 11 is 0. The Morgan fingerprint density at radius 3 is 2.52 bits per heavy atom. The van der Waals surface area contributed by atoms with Crippen LogP contribution in [0.3, 0.4) is 0 Å². The van der Waals surface area contributed by atoms with Crippen LogP contribution in [-0.4, -0.2) is 18.2 Å². The Bertz CT molecular complexity index is 733. The zero-order valence-corrected chi connectivity index (χ0v) is 11.4. The van der Waals surface area contributed by atoms with Gasteiger partial charge in [-0.3, -0.25) is 0 Å². The first-order valence-corrected chi connectivity index (χ1v) is 7.02. The highest BCUT2D eigenvalue weighted by molar-refractivity contribution is 6.06. The lowest BCUT2D eigenvalue weighted by Crippen LogP contribution is -2.38. The molecule has 2 aliphatic rings. The SMILES string of the molecule is O=C1OCC[C@@]12Oc1ccccc1/C2=C/c1ccccc1. The maximum atomic E-state index is 12.3. The lowest BCUT2D eigenvalue weighted by Gasteiger charge is -2.20. The molecule has 21 heavy (non-hydrogen) atoms. The molecule has 0 amide bonds. The van der Waals surface area contributed by atoms with E-state index in [-0.39, 0.29) is 5.97 Å². The van der Waals surface area contributed by atoms with Gasteiger partial charge in [-0.2, -0.15) is 0 Å². The van der Waals surface area contributed by atoms with E-state index in [0.29, 0.717) is 13.0 Å². The molecule has 104 valence electrons. The molecule has 1 fully saturated rings. The molecule has 1 spiro atoms. The summed E-state index contributed by atoms with van der Waals surface area (Å²) in [6.07, 6.45) is 2.58. The van der Waals surface area contributed by atoms with Gasteiger partial charge in [-0.1, -0.05) is 48.5 Å². The van der Waals surface area contributed by atoms with E-state index in [1.807, 2.05) is 60.7 Å². The normalized spacial score (nSPS) is 25.0. The van der Waals surface area contributed by atoms with Gasteiger partial charge in [0.1, 0.15) is 5.75 Å². The van der Waals surface area contributed by atoms with Crippen molar-refractivity contribution in [3.05, 3.63) is 65.7 Å². The minimum Gasteiger partial charge on any atom is -0.470 e. The molecule has 0 radical (unpaired) electrons. The molecule has 3 heteroatoms. The molecule has 0 N–H and O–H groups in total. The number of cyclic esters (lactones) is 1. The summed E-state index contributed by atoms with van der Waals surface area (Å²) in [5, 5.41) is 0. The van der Waals surface area contributed by atoms with Crippen molar-refractivity contribution in [2.45, 2.75) is 12.0 Å². The second kappa shape index (κ2) is 4.48. The molecule has 2 aromatic carbocycles. The van der Waals surface area contributed by atoms with Crippen LogP contribution in [0.15, 0.2) is 54.6 Å². The Morgan fingerprint density at radius 2 is 1.76 bits per heavy atom. The number of hydrogen-bond donors (Lipinski definition) is 0. The van der Waals surface area contributed by atoms with Gasteiger partial charge in [0.05, 0.1) is 6.61 Å². The molecular formula is C18H14O3. The van der Waals surface area contributed by atoms with E-state index in [1.165, 1.54) is 0 Å². The van der Waals surface area contributed by atoms with E-state index in [1.54, 1.807) is 0 Å². The lowest BCUT2D eigenvalue weighted by molar-refractivity contribution is -0.146. The van der Waals surface area contributed by atoms with Crippen LogP contribution in [0, 0.1) is 0 Å². The number of carbonyl (C=O) groups is 1. The molecule has 2 aliphatic heterocycles. The molecule has 2 aromatic rings. The van der Waals surface area contributed by atoms with Crippen LogP contribution in [-0.2, 0) is 9.53 Å². The average Bonchev–Trinajstić information content (AvgIpc) is 3.03. The lowest BCUT2D eigenvalue weighted by atomic mass is 9.87. The number of rotatable bonds is 1. The maximum Gasteiger partial charge on any atom is 0.355 e. The van der Waals surface area contributed by atoms with Crippen LogP contribution in [0.2, 0.25) is 0 Å². The van der Waals surface area contributed by atoms with Crippen LogP contribution < -0.4 is 4.74 Å². The molecule has 0 aliphatic carbocycles. The van der Waals surface area contributed by atoms with Crippen LogP contribution in [0.5, 0.6) is 5.75 Å². The van der Waals surface area contributed by atoms with Gasteiger partial charge < -0.3 is 9.47 Å². The van der Waals surface area contributed by atoms with Crippen molar-refractivity contribution >= 4 is 17.6 Å². The van der Waals surface area contributed by atoms with Crippen LogP contribution >= 0.6 is 0 Å². The van der Waals surface area contributed by atoms with Crippen molar-refractivity contribution in [2.24, 2.45) is 0 Å². The number of para-hydroxylation sites is 1. The van der Waals surface area contributed by atoms with E-state index in [2.05, 4.69) is 0 Å². The summed E-state index contributed by atoms with van der Waals surface area (Å²) in [5.74, 6) is 0.458. The van der Waals surface area contributed by atoms with E-state index in [9.17, 15) is 4.79 Å². The molecule has 0 aromatic heterocycles. The minimum absolute atomic E-state index is 0.291. The Morgan fingerprint density at radius 1 is 1.00 bits per heavy atom. The van der Waals surface area contributed by atoms with E-state index in [4.69, 9.17) is 9.47 Å². The van der Waals surface area contributed by atoms with Crippen LogP contribution in [0.25, 0.3) is 11.6 Å². The number of fused-ring (bicyclic) bond motifs is 1. The summed E-state index contributed by atoms with van der Waals surface area (Å²) in [7, 11) is 0. The zero-order chi connectivity index (χ0) is 14.3. The first-order chi connectivity index (χ1) is 10.3. The fourth-order valence-corrected chi connectivity index (χ4v) is 2.99. The van der Waals surface area contributed by atoms with Crippen LogP contribution in [0.4, 0.5) is 0 Å². The molecule has 3 nitrogen and oxygen atoms in total. The Hall–Kier alpha value is -2.55. The first kappa shape index (κ1) is 12.2. The molecule has 1 saturated heterocycles. The second-order valence-electron chi connectivity index (χ2n) is 5.28. The minimum atomic E-state index is -0.973. The molecule has 2 heterocycles. The second-order valence-corrected chi connectivity index (χ2v) is 5.28. The summed E-state index contributed by atoms with van der Waals surface area (Å²) in [5.41, 5.74) is 1.94. The zero-order valence-electron chi connectivity index (χ0n) is 11.4. The van der Waals surface area contributed by atoms with Gasteiger partial charge in [-0.15, -0.1) is 0 Å². The van der Waals surface area contributed by atoms with Gasteiger partial charge in [0.15, 0.2) is 0 Å². The molecular weight excluding hydrogens is 264 g/mol. The Labute approximate surface area is 122 Å². The highest BCUT2D eigenvalue weighted by Crippen LogP contribution is 2.49. The van der Waals surface area contributed by atoms with Gasteiger partial charge in [0.2, 0.25) is 5.60 Å². The Kier molecular flexibility index (Phi) is 2.61. The number of hydrogen-bond acceptors (Lipinski definition) is 3. The first-order valence-electron chi connectivity index (χ1n) is 7.02. The van der Waals surface area contributed by atoms with Crippen molar-refractivity contribution < 1.29 is 14.3 Å². The fraction of sp³-hybridized carbons (Fsp3) is 0.167. The predicted octanol–water partition coefficient (Wildman–Crippen LogP) is 3.31. The van der Waals surface area contributed by atoms with Crippen molar-refractivity contribution in [1.82, 2.24) is 0 Å². The van der Waals surface area contributed by atoms with Gasteiger partial charge in [0, 0.05) is 17.6 Å². The maximum absolute atomic E-state index is 12.3. The van der Waals surface area contributed by atoms with Gasteiger partial charge in [0.25, 0.3) is 0 Å². The molecule has 4 rings (SSSR count). The molecule has 0 unspecified atom stereocenters. The highest BCUT2D eigenvalue weighted by atomic mass is 16.6. The smallest absolute Gasteiger partial charge is 0.355 e. The van der Waals surface area contributed by atoms with Crippen molar-refractivity contribution in [3.8, 4) is 5.75 Å². The van der Waals surface area contributed by atoms with Crippen molar-refractivity contribution in [3.63, 3.8) is 0 Å². The summed E-state index contributed by atoms with van der Waals surface area (Å²) in [6.45, 7) is 0.402. The van der Waals surface area contributed by atoms with E-state index in [0.717, 1.165) is 22.4 Å². The Balaban J connectivity index is 1.91. The number of ether oxygens (including phenoxy) is 2. The quantitative estimate of drug-likeness (QED) is 0.751. The van der Waals surface area contributed by atoms with Crippen molar-refractivity contribution in [2.75, 3.05) is 6.61 Å². The van der Waals surface area contributed by atoms with Gasteiger partial charge in [-0.05, 0) is 17.7 Å². The molecule has 0 saturated carbocycles. The standard InChI is InChI=1S/C18H14O3/c19-17-18(10-11-20-17)15(12-13-6-2-1-3-7-13)14-8-4-5-9-16(14)21-18/h1-9,12H,10-11H2/b15-12-/t18-/m0/s1. The van der Waals surface area contributed by atoms with Gasteiger partial charge >= 0.3 is 5.97 Å². The van der Waals surface area contributed by atoms with E-state index >= 15 is 0 Å². The predicted molar refractivity (Wildman–Crippen MR) is 79.7 cm³/mol. The molecule has 0 bridgehead atoms. The number of carbonyl (C=O) groups excluding carboxylic acids is 1. The third-order valence-electron chi connectivity index (χ3n) is 4.02. The monoisotopic (exact) mass is 278 g/mol. The third-order valence-corrected chi connectivity index (χ3v) is 4.02. The van der Waals surface area contributed by atoms with E-state index < -0.39 is 5.60 Å². The summed E-state index contributed by atoms with van der Waals surface area (Å²) in [4.78, 5) is 12.3. The summed E-state index contributed by atoms with van der Waals surface area (Å²) < 4.78 is 11.2. The largest absolute Gasteiger partial charge is 0.470 e. The third kappa shape index (κ3) is 1.77. The summed E-state index contributed by atoms with van der Waals surface area (Å²) in [6, 6.07) is 17.7. The topological polar surface area (TPSA) is 35.5 Å².